The Labute approximate surface area is 188 Å². The Hall–Kier alpha value is 0.770. The average molecular weight is 735 g/mol. The second-order valence-electron chi connectivity index (χ2n) is 4.02. The first-order valence-corrected chi connectivity index (χ1v) is 20.5. The third-order valence-corrected chi connectivity index (χ3v) is 2.72. The molecule has 0 heterocycles. The molecule has 0 radical (unpaired) electrons. The molecule has 0 unspecified atom stereocenters. The number of carbonyl (C=O) groups is 4. The Balaban J connectivity index is -0.000000338. The van der Waals surface area contributed by atoms with E-state index in [1.807, 2.05) is 0 Å². The third-order valence-electron chi connectivity index (χ3n) is 1.99. The number of halogens is 3. The molecule has 0 rings (SSSR count). The minimum atomic E-state index is -1.06. The maximum atomic E-state index is 11.0. The van der Waals surface area contributed by atoms with E-state index in [1.165, 1.54) is 13.8 Å². The average Bonchev–Trinajstić information content (AvgIpc) is 2.51. The molecule has 150 valence electrons. The first-order chi connectivity index (χ1) is 11.6. The summed E-state index contributed by atoms with van der Waals surface area (Å²) in [6.45, 7) is 4.62. The Kier molecular flexibility index (Phi) is 25.7. The molecule has 0 aromatic heterocycles. The Morgan fingerprint density at radius 3 is 1.60 bits per heavy atom. The molecule has 0 aliphatic carbocycles. The van der Waals surface area contributed by atoms with Crippen molar-refractivity contribution in [2.24, 2.45) is 0 Å². The number of esters is 1. The fourth-order valence-electron chi connectivity index (χ4n) is 1.10. The summed E-state index contributed by atoms with van der Waals surface area (Å²) in [6, 6.07) is -1.51. The molecule has 0 aliphatic heterocycles. The van der Waals surface area contributed by atoms with Crippen LogP contribution in [0.1, 0.15) is 20.8 Å². The molecule has 2 amide bonds. The second kappa shape index (κ2) is 21.1. The molecule has 0 spiro atoms. The van der Waals surface area contributed by atoms with E-state index in [0.29, 0.717) is 19.9 Å². The summed E-state index contributed by atoms with van der Waals surface area (Å²) < 4.78 is 4.69. The quantitative estimate of drug-likeness (QED) is 0.121. The zero-order valence-corrected chi connectivity index (χ0v) is 22.1. The maximum absolute atomic E-state index is 11.0. The standard InChI is InChI=1S/C7H13NO3S.C5H9NO3S.I3/c1-3-11-7(10)6(4-12)8-5(2)9;1-3(7)6-4(2-10)5(8)9;1-3-2/h6,12H,3-4H2,1-2H3,(H,8,9);4,10H,2H2,1H3,(H,6,7)(H,8,9);/q;;-1/t6-;4-;/m00./s1. The molecule has 2 atom stereocenters. The van der Waals surface area contributed by atoms with Gasteiger partial charge in [0.1, 0.15) is 12.1 Å². The Bertz CT molecular complexity index is 418. The monoisotopic (exact) mass is 735 g/mol. The third kappa shape index (κ3) is 22.7. The summed E-state index contributed by atoms with van der Waals surface area (Å²) in [7, 11) is 0. The van der Waals surface area contributed by atoms with E-state index in [1.54, 1.807) is 6.92 Å². The fourth-order valence-corrected chi connectivity index (χ4v) is 1.59. The van der Waals surface area contributed by atoms with Crippen molar-refractivity contribution in [3.63, 3.8) is 0 Å². The van der Waals surface area contributed by atoms with Gasteiger partial charge in [-0.1, -0.05) is 0 Å². The topological polar surface area (TPSA) is 122 Å². The van der Waals surface area contributed by atoms with Crippen LogP contribution in [0.3, 0.4) is 0 Å². The van der Waals surface area contributed by atoms with Crippen LogP contribution in [0.25, 0.3) is 0 Å². The number of hydrogen-bond acceptors (Lipinski definition) is 7. The molecule has 13 heteroatoms. The van der Waals surface area contributed by atoms with Crippen LogP contribution in [0.15, 0.2) is 0 Å². The molecule has 8 nitrogen and oxygen atoms in total. The molecular formula is C12H22I3N2O6S2-. The summed E-state index contributed by atoms with van der Waals surface area (Å²) in [5.74, 6) is -1.77. The van der Waals surface area contributed by atoms with Gasteiger partial charge in [-0.15, -0.1) is 0 Å². The van der Waals surface area contributed by atoms with Gasteiger partial charge in [-0.05, 0) is 6.92 Å². The minimum absolute atomic E-state index is 0.106. The van der Waals surface area contributed by atoms with Crippen LogP contribution < -0.4 is 23.9 Å². The molecule has 0 fully saturated rings. The number of carbonyl (C=O) groups excluding carboxylic acids is 3. The number of rotatable bonds is 7. The first kappa shape index (κ1) is 30.5. The van der Waals surface area contributed by atoms with Crippen molar-refractivity contribution in [3.8, 4) is 0 Å². The normalized spacial score (nSPS) is 11.5. The van der Waals surface area contributed by atoms with E-state index in [-0.39, 0.29) is 23.3 Å². The van der Waals surface area contributed by atoms with Crippen molar-refractivity contribution in [1.29, 1.82) is 0 Å². The van der Waals surface area contributed by atoms with Gasteiger partial charge in [0.25, 0.3) is 0 Å². The Morgan fingerprint density at radius 1 is 1.04 bits per heavy atom. The van der Waals surface area contributed by atoms with Crippen molar-refractivity contribution < 1.29 is 42.3 Å². The molecular weight excluding hydrogens is 713 g/mol. The molecule has 0 bridgehead atoms. The van der Waals surface area contributed by atoms with Crippen molar-refractivity contribution in [3.05, 3.63) is 0 Å². The van der Waals surface area contributed by atoms with Gasteiger partial charge in [-0.3, -0.25) is 9.59 Å². The van der Waals surface area contributed by atoms with Crippen molar-refractivity contribution >= 4 is 86.2 Å². The van der Waals surface area contributed by atoms with E-state index in [9.17, 15) is 19.2 Å². The van der Waals surface area contributed by atoms with Crippen LogP contribution in [0.4, 0.5) is 0 Å². The van der Waals surface area contributed by atoms with Crippen LogP contribution >= 0.6 is 62.5 Å². The van der Waals surface area contributed by atoms with Crippen LogP contribution in [0.2, 0.25) is 0 Å². The molecule has 0 aromatic rings. The van der Waals surface area contributed by atoms with Crippen molar-refractivity contribution in [2.45, 2.75) is 32.9 Å². The number of carboxylic acids is 1. The molecule has 0 saturated heterocycles. The van der Waals surface area contributed by atoms with Crippen LogP contribution in [-0.2, 0) is 23.9 Å². The van der Waals surface area contributed by atoms with Gasteiger partial charge in [0.2, 0.25) is 11.8 Å². The second-order valence-corrected chi connectivity index (χ2v) is 21.0. The summed E-state index contributed by atoms with van der Waals surface area (Å²) >= 11 is 12.9. The summed E-state index contributed by atoms with van der Waals surface area (Å²) in [5, 5.41) is 13.0. The van der Waals surface area contributed by atoms with E-state index >= 15 is 0 Å². The van der Waals surface area contributed by atoms with Crippen LogP contribution in [-0.4, -0.2) is 59.1 Å². The predicted molar refractivity (Wildman–Crippen MR) is 115 cm³/mol. The van der Waals surface area contributed by atoms with E-state index in [2.05, 4.69) is 73.1 Å². The molecule has 0 aromatic carbocycles. The van der Waals surface area contributed by atoms with Gasteiger partial charge in [0.15, 0.2) is 0 Å². The number of hydrogen-bond donors (Lipinski definition) is 5. The molecule has 25 heavy (non-hydrogen) atoms. The van der Waals surface area contributed by atoms with Gasteiger partial charge >= 0.3 is 62.4 Å². The van der Waals surface area contributed by atoms with Crippen LogP contribution in [0, 0.1) is 0 Å². The van der Waals surface area contributed by atoms with Crippen molar-refractivity contribution in [1.82, 2.24) is 10.6 Å². The zero-order chi connectivity index (χ0) is 20.4. The van der Waals surface area contributed by atoms with E-state index in [4.69, 9.17) is 9.84 Å². The van der Waals surface area contributed by atoms with Gasteiger partial charge in [0, 0.05) is 25.4 Å². The van der Waals surface area contributed by atoms with Crippen LogP contribution in [0.5, 0.6) is 0 Å². The summed E-state index contributed by atoms with van der Waals surface area (Å²) in [4.78, 5) is 42.1. The fraction of sp³-hybridized carbons (Fsp3) is 0.667. The number of carboxylic acid groups (broad SMARTS) is 1. The van der Waals surface area contributed by atoms with E-state index < -0.39 is 24.0 Å². The zero-order valence-electron chi connectivity index (χ0n) is 13.8. The molecule has 0 saturated carbocycles. The Morgan fingerprint density at radius 2 is 1.40 bits per heavy atom. The first-order valence-electron chi connectivity index (χ1n) is 6.63. The number of aliphatic carboxylic acids is 1. The number of thiol groups is 2. The number of ether oxygens (including phenoxy) is 1. The number of amides is 2. The SMILES string of the molecule is CC(=O)N[C@@H](CS)C(=O)O.CCOC(=O)[C@H](CS)NC(C)=O.I[I-]I. The van der Waals surface area contributed by atoms with Gasteiger partial charge in [0.05, 0.1) is 6.61 Å². The molecule has 3 N–H and O–H groups in total. The molecule has 0 aliphatic rings. The predicted octanol–water partition coefficient (Wildman–Crippen LogP) is -1.74. The van der Waals surface area contributed by atoms with Gasteiger partial charge in [-0.2, -0.15) is 25.3 Å². The van der Waals surface area contributed by atoms with Gasteiger partial charge < -0.3 is 20.5 Å². The van der Waals surface area contributed by atoms with E-state index in [0.717, 1.165) is 0 Å². The summed E-state index contributed by atoms with van der Waals surface area (Å²) in [5.41, 5.74) is 0. The summed E-state index contributed by atoms with van der Waals surface area (Å²) in [6.07, 6.45) is 0. The number of nitrogens with one attached hydrogen (secondary N) is 2. The van der Waals surface area contributed by atoms with Crippen molar-refractivity contribution in [2.75, 3.05) is 18.1 Å². The van der Waals surface area contributed by atoms with Gasteiger partial charge in [-0.25, -0.2) is 9.59 Å².